The lowest BCUT2D eigenvalue weighted by Gasteiger charge is -2.14. The summed E-state index contributed by atoms with van der Waals surface area (Å²) in [6, 6.07) is 5.74. The lowest BCUT2D eigenvalue weighted by atomic mass is 10.1. The first kappa shape index (κ1) is 16.6. The number of hydrogen-bond acceptors (Lipinski definition) is 5. The van der Waals surface area contributed by atoms with Gasteiger partial charge in [-0.2, -0.15) is 0 Å². The van der Waals surface area contributed by atoms with E-state index in [4.69, 9.17) is 15.6 Å². The van der Waals surface area contributed by atoms with Crippen molar-refractivity contribution >= 4 is 15.9 Å². The zero-order chi connectivity index (χ0) is 15.2. The quantitative estimate of drug-likeness (QED) is 0.585. The van der Waals surface area contributed by atoms with Gasteiger partial charge in [-0.15, -0.1) is 0 Å². The van der Waals surface area contributed by atoms with E-state index < -0.39 is 10.0 Å². The molecule has 1 rings (SSSR count). The number of benzene rings is 1. The highest BCUT2D eigenvalue weighted by Gasteiger charge is 2.12. The summed E-state index contributed by atoms with van der Waals surface area (Å²) >= 11 is 0. The summed E-state index contributed by atoms with van der Waals surface area (Å²) < 4.78 is 27.3. The molecule has 1 amide bonds. The van der Waals surface area contributed by atoms with Crippen molar-refractivity contribution in [2.24, 2.45) is 10.9 Å². The third-order valence-corrected chi connectivity index (χ3v) is 3.51. The number of amides is 1. The average Bonchev–Trinajstić information content (AvgIpc) is 2.38. The monoisotopic (exact) mass is 301 g/mol. The lowest BCUT2D eigenvalue weighted by Crippen LogP contribution is -2.30. The van der Waals surface area contributed by atoms with Gasteiger partial charge in [0, 0.05) is 6.54 Å². The molecule has 1 atom stereocenters. The summed E-state index contributed by atoms with van der Waals surface area (Å²) in [7, 11) is -3.70. The van der Waals surface area contributed by atoms with Crippen LogP contribution >= 0.6 is 0 Å². The van der Waals surface area contributed by atoms with E-state index in [1.165, 1.54) is 12.1 Å². The molecule has 5 N–H and O–H groups in total. The van der Waals surface area contributed by atoms with E-state index in [1.54, 1.807) is 19.1 Å². The van der Waals surface area contributed by atoms with Crippen LogP contribution in [0.25, 0.3) is 0 Å². The Bertz CT molecular complexity index is 542. The Kier molecular flexibility index (Phi) is 6.08. The Morgan fingerprint density at radius 1 is 1.35 bits per heavy atom. The third kappa shape index (κ3) is 5.25. The highest BCUT2D eigenvalue weighted by Crippen LogP contribution is 2.15. The molecule has 0 radical (unpaired) electrons. The molecule has 1 unspecified atom stereocenters. The van der Waals surface area contributed by atoms with Crippen molar-refractivity contribution in [2.45, 2.75) is 17.9 Å². The predicted molar refractivity (Wildman–Crippen MR) is 74.2 cm³/mol. The van der Waals surface area contributed by atoms with E-state index in [-0.39, 0.29) is 23.5 Å². The molecule has 0 heterocycles. The van der Waals surface area contributed by atoms with Gasteiger partial charge < -0.3 is 15.8 Å². The molecular formula is C12H19N3O4S. The van der Waals surface area contributed by atoms with Crippen LogP contribution in [0.4, 0.5) is 0 Å². The molecule has 0 aromatic heterocycles. The molecule has 0 saturated heterocycles. The number of nitrogens with two attached hydrogens (primary N) is 2. The van der Waals surface area contributed by atoms with Crippen LogP contribution in [0.1, 0.15) is 18.5 Å². The maximum atomic E-state index is 11.5. The Hall–Kier alpha value is -1.48. The van der Waals surface area contributed by atoms with Crippen LogP contribution in [0.15, 0.2) is 29.2 Å². The molecule has 8 heteroatoms. The summed E-state index contributed by atoms with van der Waals surface area (Å²) in [6.07, 6.45) is 0. The van der Waals surface area contributed by atoms with E-state index in [0.29, 0.717) is 13.2 Å². The van der Waals surface area contributed by atoms with Gasteiger partial charge in [-0.05, 0) is 24.6 Å². The molecule has 0 aliphatic heterocycles. The molecule has 0 bridgehead atoms. The third-order valence-electron chi connectivity index (χ3n) is 2.58. The first-order valence-corrected chi connectivity index (χ1v) is 7.59. The second-order valence-electron chi connectivity index (χ2n) is 4.24. The van der Waals surface area contributed by atoms with E-state index >= 15 is 0 Å². The molecule has 112 valence electrons. The summed E-state index contributed by atoms with van der Waals surface area (Å²) in [5.74, 6) is -0.263. The van der Waals surface area contributed by atoms with Gasteiger partial charge in [-0.25, -0.2) is 13.6 Å². The number of primary sulfonamides is 1. The SMILES string of the molecule is CC(NC(=O)COCCN)c1ccc(S(N)(=O)=O)cc1. The fraction of sp³-hybridized carbons (Fsp3) is 0.417. The van der Waals surface area contributed by atoms with Gasteiger partial charge in [0.25, 0.3) is 0 Å². The van der Waals surface area contributed by atoms with Gasteiger partial charge in [-0.3, -0.25) is 4.79 Å². The summed E-state index contributed by atoms with van der Waals surface area (Å²) in [4.78, 5) is 11.6. The maximum Gasteiger partial charge on any atom is 0.246 e. The fourth-order valence-corrected chi connectivity index (χ4v) is 2.08. The van der Waals surface area contributed by atoms with Gasteiger partial charge in [0.05, 0.1) is 17.5 Å². The van der Waals surface area contributed by atoms with Crippen LogP contribution in [0, 0.1) is 0 Å². The largest absolute Gasteiger partial charge is 0.370 e. The highest BCUT2D eigenvalue weighted by atomic mass is 32.2. The molecule has 7 nitrogen and oxygen atoms in total. The van der Waals surface area contributed by atoms with Crippen LogP contribution in [-0.2, 0) is 19.6 Å². The van der Waals surface area contributed by atoms with Crippen molar-refractivity contribution in [3.8, 4) is 0 Å². The zero-order valence-electron chi connectivity index (χ0n) is 11.2. The topological polar surface area (TPSA) is 125 Å². The number of carbonyl (C=O) groups is 1. The standard InChI is InChI=1S/C12H19N3O4S/c1-9(15-12(16)8-19-7-6-13)10-2-4-11(5-3-10)20(14,17)18/h2-5,9H,6-8,13H2,1H3,(H,15,16)(H2,14,17,18). The van der Waals surface area contributed by atoms with Crippen molar-refractivity contribution in [1.82, 2.24) is 5.32 Å². The lowest BCUT2D eigenvalue weighted by molar-refractivity contribution is -0.126. The van der Waals surface area contributed by atoms with Gasteiger partial charge >= 0.3 is 0 Å². The van der Waals surface area contributed by atoms with Crippen molar-refractivity contribution in [2.75, 3.05) is 19.8 Å². The molecule has 1 aromatic carbocycles. The molecule has 20 heavy (non-hydrogen) atoms. The Morgan fingerprint density at radius 2 is 1.95 bits per heavy atom. The Balaban J connectivity index is 2.60. The number of ether oxygens (including phenoxy) is 1. The summed E-state index contributed by atoms with van der Waals surface area (Å²) in [5, 5.41) is 7.74. The smallest absolute Gasteiger partial charge is 0.246 e. The van der Waals surface area contributed by atoms with E-state index in [9.17, 15) is 13.2 Å². The van der Waals surface area contributed by atoms with E-state index in [2.05, 4.69) is 5.32 Å². The van der Waals surface area contributed by atoms with E-state index in [1.807, 2.05) is 0 Å². The predicted octanol–water partition coefficient (Wildman–Crippen LogP) is -0.513. The van der Waals surface area contributed by atoms with Crippen molar-refractivity contribution in [3.63, 3.8) is 0 Å². The van der Waals surface area contributed by atoms with Crippen molar-refractivity contribution in [1.29, 1.82) is 0 Å². The number of nitrogens with one attached hydrogen (secondary N) is 1. The second-order valence-corrected chi connectivity index (χ2v) is 5.81. The van der Waals surface area contributed by atoms with Crippen LogP contribution < -0.4 is 16.2 Å². The van der Waals surface area contributed by atoms with Gasteiger partial charge in [0.15, 0.2) is 0 Å². The Morgan fingerprint density at radius 3 is 2.45 bits per heavy atom. The van der Waals surface area contributed by atoms with Crippen LogP contribution in [0.2, 0.25) is 0 Å². The molecule has 0 fully saturated rings. The second kappa shape index (κ2) is 7.34. The zero-order valence-corrected chi connectivity index (χ0v) is 12.0. The first-order chi connectivity index (χ1) is 9.34. The average molecular weight is 301 g/mol. The molecular weight excluding hydrogens is 282 g/mol. The number of hydrogen-bond donors (Lipinski definition) is 3. The van der Waals surface area contributed by atoms with Crippen LogP contribution in [-0.4, -0.2) is 34.1 Å². The molecule has 1 aromatic rings. The number of carbonyl (C=O) groups excluding carboxylic acids is 1. The highest BCUT2D eigenvalue weighted by molar-refractivity contribution is 7.89. The first-order valence-electron chi connectivity index (χ1n) is 6.04. The summed E-state index contributed by atoms with van der Waals surface area (Å²) in [5.41, 5.74) is 6.01. The van der Waals surface area contributed by atoms with Gasteiger partial charge in [-0.1, -0.05) is 12.1 Å². The molecule has 0 aliphatic carbocycles. The Labute approximate surface area is 118 Å². The molecule has 0 spiro atoms. The minimum atomic E-state index is -3.70. The number of rotatable bonds is 7. The molecule has 0 saturated carbocycles. The minimum Gasteiger partial charge on any atom is -0.370 e. The summed E-state index contributed by atoms with van der Waals surface area (Å²) in [6.45, 7) is 2.41. The van der Waals surface area contributed by atoms with Crippen molar-refractivity contribution in [3.05, 3.63) is 29.8 Å². The van der Waals surface area contributed by atoms with E-state index in [0.717, 1.165) is 5.56 Å². The van der Waals surface area contributed by atoms with Crippen LogP contribution in [0.5, 0.6) is 0 Å². The van der Waals surface area contributed by atoms with Crippen LogP contribution in [0.3, 0.4) is 0 Å². The fourth-order valence-electron chi connectivity index (χ4n) is 1.56. The number of sulfonamides is 1. The van der Waals surface area contributed by atoms with Gasteiger partial charge in [0.2, 0.25) is 15.9 Å². The van der Waals surface area contributed by atoms with Crippen molar-refractivity contribution < 1.29 is 17.9 Å². The minimum absolute atomic E-state index is 0.0334. The van der Waals surface area contributed by atoms with Gasteiger partial charge in [0.1, 0.15) is 6.61 Å². The normalized spacial score (nSPS) is 12.9. The molecule has 0 aliphatic rings. The maximum absolute atomic E-state index is 11.5.